The summed E-state index contributed by atoms with van der Waals surface area (Å²) in [6.45, 7) is 1.94. The number of nitrogens with zero attached hydrogens (tertiary/aromatic N) is 2. The molecule has 2 aromatic rings. The normalized spacial score (nSPS) is 12.2. The number of halogens is 1. The minimum atomic E-state index is -0.547. The van der Waals surface area contributed by atoms with Crippen LogP contribution in [0.4, 0.5) is 0 Å². The second-order valence-electron chi connectivity index (χ2n) is 3.82. The van der Waals surface area contributed by atoms with Crippen molar-refractivity contribution >= 4 is 11.6 Å². The highest BCUT2D eigenvalue weighted by molar-refractivity contribution is 6.32. The van der Waals surface area contributed by atoms with Crippen LogP contribution < -0.4 is 4.74 Å². The van der Waals surface area contributed by atoms with E-state index in [-0.39, 0.29) is 6.61 Å². The van der Waals surface area contributed by atoms with Gasteiger partial charge in [0.15, 0.2) is 5.82 Å². The molecule has 1 atom stereocenters. The summed E-state index contributed by atoms with van der Waals surface area (Å²) in [5, 5.41) is 9.89. The standard InChI is InChI=1S/C13H13ClN2O2/c1-9(17)10-3-4-12(11(14)7-10)18-8-13-15-5-2-6-16-13/h2-7,9,17H,8H2,1H3. The van der Waals surface area contributed by atoms with Gasteiger partial charge in [-0.1, -0.05) is 17.7 Å². The molecule has 1 unspecified atom stereocenters. The van der Waals surface area contributed by atoms with Crippen molar-refractivity contribution in [2.75, 3.05) is 0 Å². The first-order valence-corrected chi connectivity index (χ1v) is 5.91. The Morgan fingerprint density at radius 2 is 2.06 bits per heavy atom. The Hall–Kier alpha value is -1.65. The molecule has 0 radical (unpaired) electrons. The van der Waals surface area contributed by atoms with E-state index in [4.69, 9.17) is 16.3 Å². The number of hydrogen-bond donors (Lipinski definition) is 1. The van der Waals surface area contributed by atoms with Crippen molar-refractivity contribution in [3.05, 3.63) is 53.1 Å². The second kappa shape index (κ2) is 5.80. The van der Waals surface area contributed by atoms with E-state index in [0.717, 1.165) is 5.56 Å². The van der Waals surface area contributed by atoms with Gasteiger partial charge in [-0.25, -0.2) is 9.97 Å². The SMILES string of the molecule is CC(O)c1ccc(OCc2ncccn2)c(Cl)c1. The highest BCUT2D eigenvalue weighted by Crippen LogP contribution is 2.28. The van der Waals surface area contributed by atoms with E-state index in [0.29, 0.717) is 16.6 Å². The molecule has 4 nitrogen and oxygen atoms in total. The third kappa shape index (κ3) is 3.18. The topological polar surface area (TPSA) is 55.2 Å². The summed E-state index contributed by atoms with van der Waals surface area (Å²) in [6.07, 6.45) is 2.77. The van der Waals surface area contributed by atoms with Crippen LogP contribution in [0.5, 0.6) is 5.75 Å². The lowest BCUT2D eigenvalue weighted by Gasteiger charge is -2.10. The van der Waals surface area contributed by atoms with Crippen LogP contribution in [-0.2, 0) is 6.61 Å². The Morgan fingerprint density at radius 1 is 1.33 bits per heavy atom. The Kier molecular flexibility index (Phi) is 4.12. The van der Waals surface area contributed by atoms with E-state index >= 15 is 0 Å². The van der Waals surface area contributed by atoms with Crippen LogP contribution >= 0.6 is 11.6 Å². The summed E-state index contributed by atoms with van der Waals surface area (Å²) in [5.74, 6) is 1.14. The molecule has 1 aromatic carbocycles. The van der Waals surface area contributed by atoms with Gasteiger partial charge >= 0.3 is 0 Å². The van der Waals surface area contributed by atoms with Crippen molar-refractivity contribution in [1.82, 2.24) is 9.97 Å². The van der Waals surface area contributed by atoms with E-state index < -0.39 is 6.10 Å². The Balaban J connectivity index is 2.06. The second-order valence-corrected chi connectivity index (χ2v) is 4.23. The van der Waals surface area contributed by atoms with Crippen molar-refractivity contribution in [2.24, 2.45) is 0 Å². The van der Waals surface area contributed by atoms with Crippen molar-refractivity contribution in [2.45, 2.75) is 19.6 Å². The first-order valence-electron chi connectivity index (χ1n) is 5.53. The Bertz CT molecular complexity index is 518. The molecule has 18 heavy (non-hydrogen) atoms. The van der Waals surface area contributed by atoms with Gasteiger partial charge < -0.3 is 9.84 Å². The molecule has 0 bridgehead atoms. The fraction of sp³-hybridized carbons (Fsp3) is 0.231. The largest absolute Gasteiger partial charge is 0.484 e. The number of benzene rings is 1. The number of aromatic nitrogens is 2. The summed E-state index contributed by atoms with van der Waals surface area (Å²) in [7, 11) is 0. The summed E-state index contributed by atoms with van der Waals surface area (Å²) >= 11 is 6.06. The van der Waals surface area contributed by atoms with Gasteiger partial charge in [-0.15, -0.1) is 0 Å². The van der Waals surface area contributed by atoms with Gasteiger partial charge in [0.05, 0.1) is 11.1 Å². The first-order chi connectivity index (χ1) is 8.66. The van der Waals surface area contributed by atoms with Crippen molar-refractivity contribution in [1.29, 1.82) is 0 Å². The molecule has 2 rings (SSSR count). The van der Waals surface area contributed by atoms with E-state index in [1.807, 2.05) is 0 Å². The molecular weight excluding hydrogens is 252 g/mol. The average molecular weight is 265 g/mol. The number of aliphatic hydroxyl groups excluding tert-OH is 1. The highest BCUT2D eigenvalue weighted by Gasteiger charge is 2.07. The molecule has 0 amide bonds. The molecule has 94 valence electrons. The van der Waals surface area contributed by atoms with Crippen LogP contribution in [0, 0.1) is 0 Å². The minimum absolute atomic E-state index is 0.259. The maximum absolute atomic E-state index is 9.43. The third-order valence-corrected chi connectivity index (χ3v) is 2.71. The van der Waals surface area contributed by atoms with E-state index in [1.54, 1.807) is 43.6 Å². The summed E-state index contributed by atoms with van der Waals surface area (Å²) in [5.41, 5.74) is 0.753. The summed E-state index contributed by atoms with van der Waals surface area (Å²) in [4.78, 5) is 8.10. The smallest absolute Gasteiger partial charge is 0.166 e. The fourth-order valence-electron chi connectivity index (χ4n) is 1.44. The van der Waals surface area contributed by atoms with Crippen molar-refractivity contribution in [3.63, 3.8) is 0 Å². The van der Waals surface area contributed by atoms with Gasteiger partial charge in [-0.3, -0.25) is 0 Å². The molecule has 0 saturated carbocycles. The van der Waals surface area contributed by atoms with Crippen LogP contribution in [0.3, 0.4) is 0 Å². The van der Waals surface area contributed by atoms with Gasteiger partial charge in [0.25, 0.3) is 0 Å². The highest BCUT2D eigenvalue weighted by atomic mass is 35.5. The molecule has 0 fully saturated rings. The zero-order valence-corrected chi connectivity index (χ0v) is 10.6. The predicted octanol–water partition coefficient (Wildman–Crippen LogP) is 2.76. The number of hydrogen-bond acceptors (Lipinski definition) is 4. The van der Waals surface area contributed by atoms with Crippen LogP contribution in [0.15, 0.2) is 36.7 Å². The lowest BCUT2D eigenvalue weighted by molar-refractivity contribution is 0.199. The van der Waals surface area contributed by atoms with Crippen LogP contribution in [0.25, 0.3) is 0 Å². The molecule has 1 N–H and O–H groups in total. The van der Waals surface area contributed by atoms with E-state index in [9.17, 15) is 5.11 Å². The first kappa shape index (κ1) is 12.8. The summed E-state index contributed by atoms with van der Waals surface area (Å²) in [6, 6.07) is 6.94. The van der Waals surface area contributed by atoms with Gasteiger partial charge in [0, 0.05) is 12.4 Å². The number of rotatable bonds is 4. The van der Waals surface area contributed by atoms with Crippen LogP contribution in [0.1, 0.15) is 24.4 Å². The van der Waals surface area contributed by atoms with Crippen LogP contribution in [0.2, 0.25) is 5.02 Å². The molecule has 5 heteroatoms. The zero-order valence-electron chi connectivity index (χ0n) is 9.88. The molecule has 1 heterocycles. The maximum Gasteiger partial charge on any atom is 0.166 e. The third-order valence-electron chi connectivity index (χ3n) is 2.41. The van der Waals surface area contributed by atoms with E-state index in [2.05, 4.69) is 9.97 Å². The maximum atomic E-state index is 9.43. The van der Waals surface area contributed by atoms with Crippen molar-refractivity contribution < 1.29 is 9.84 Å². The quantitative estimate of drug-likeness (QED) is 0.923. The molecule has 0 spiro atoms. The number of aliphatic hydroxyl groups is 1. The molecular formula is C13H13ClN2O2. The van der Waals surface area contributed by atoms with E-state index in [1.165, 1.54) is 0 Å². The predicted molar refractivity (Wildman–Crippen MR) is 68.4 cm³/mol. The molecule has 0 aliphatic heterocycles. The Labute approximate surface area is 110 Å². The molecule has 0 aliphatic rings. The minimum Gasteiger partial charge on any atom is -0.484 e. The molecule has 1 aromatic heterocycles. The summed E-state index contributed by atoms with van der Waals surface area (Å²) < 4.78 is 5.52. The van der Waals surface area contributed by atoms with Crippen molar-refractivity contribution in [3.8, 4) is 5.75 Å². The average Bonchev–Trinajstić information content (AvgIpc) is 2.38. The lowest BCUT2D eigenvalue weighted by atomic mass is 10.1. The fourth-order valence-corrected chi connectivity index (χ4v) is 1.68. The van der Waals surface area contributed by atoms with Gasteiger partial charge in [0.1, 0.15) is 12.4 Å². The zero-order chi connectivity index (χ0) is 13.0. The van der Waals surface area contributed by atoms with Gasteiger partial charge in [0.2, 0.25) is 0 Å². The number of ether oxygens (including phenoxy) is 1. The van der Waals surface area contributed by atoms with Crippen LogP contribution in [-0.4, -0.2) is 15.1 Å². The molecule has 0 saturated heterocycles. The lowest BCUT2D eigenvalue weighted by Crippen LogP contribution is -2.01. The molecule has 0 aliphatic carbocycles. The Morgan fingerprint density at radius 3 is 2.67 bits per heavy atom. The monoisotopic (exact) mass is 264 g/mol. The van der Waals surface area contributed by atoms with Gasteiger partial charge in [-0.05, 0) is 30.7 Å². The van der Waals surface area contributed by atoms with Gasteiger partial charge in [-0.2, -0.15) is 0 Å².